The third-order valence-electron chi connectivity index (χ3n) is 3.24. The maximum Gasteiger partial charge on any atom is 0.351 e. The van der Waals surface area contributed by atoms with Crippen molar-refractivity contribution in [3.63, 3.8) is 0 Å². The maximum absolute atomic E-state index is 11.6. The van der Waals surface area contributed by atoms with E-state index in [1.807, 2.05) is 13.8 Å². The Bertz CT molecular complexity index is 553. The van der Waals surface area contributed by atoms with Crippen molar-refractivity contribution >= 4 is 5.82 Å². The van der Waals surface area contributed by atoms with Crippen molar-refractivity contribution in [3.05, 3.63) is 22.7 Å². The molecule has 1 aromatic rings. The van der Waals surface area contributed by atoms with Crippen LogP contribution < -0.4 is 16.6 Å². The zero-order valence-electron chi connectivity index (χ0n) is 13.4. The fraction of sp³-hybridized carbons (Fsp3) is 0.692. The molecule has 0 unspecified atom stereocenters. The number of nitrogens with one attached hydrogen (secondary N) is 2. The molecule has 138 valence electrons. The van der Waals surface area contributed by atoms with Gasteiger partial charge in [0.1, 0.15) is 18.3 Å². The number of hydrogen-bond acceptors (Lipinski definition) is 10. The fourth-order valence-electron chi connectivity index (χ4n) is 1.96. The van der Waals surface area contributed by atoms with Crippen LogP contribution in [0.4, 0.5) is 5.82 Å². The highest BCUT2D eigenvalue weighted by molar-refractivity contribution is 5.28. The molecule has 4 atom stereocenters. The van der Waals surface area contributed by atoms with Gasteiger partial charge in [-0.15, -0.1) is 0 Å². The van der Waals surface area contributed by atoms with Crippen molar-refractivity contribution in [2.24, 2.45) is 5.92 Å². The number of hydrogen-bond donors (Lipinski definition) is 7. The Morgan fingerprint density at radius 2 is 2.00 bits per heavy atom. The van der Waals surface area contributed by atoms with E-state index in [0.29, 0.717) is 12.5 Å². The fourth-order valence-corrected chi connectivity index (χ4v) is 1.96. The molecular weight excluding hydrogens is 324 g/mol. The third kappa shape index (κ3) is 5.21. The quantitative estimate of drug-likeness (QED) is 0.304. The Kier molecular flexibility index (Phi) is 8.21. The number of nitrogens with zero attached hydrogens (tertiary/aromatic N) is 2. The summed E-state index contributed by atoms with van der Waals surface area (Å²) in [4.78, 5) is 15.1. The minimum absolute atomic E-state index is 0.0528. The average molecular weight is 348 g/mol. The lowest BCUT2D eigenvalue weighted by atomic mass is 10.1. The number of aliphatic hydroxyl groups excluding tert-OH is 3. The molecule has 7 N–H and O–H groups in total. The monoisotopic (exact) mass is 348 g/mol. The van der Waals surface area contributed by atoms with Crippen LogP contribution in [0, 0.1) is 5.92 Å². The minimum atomic E-state index is -1.35. The van der Waals surface area contributed by atoms with Gasteiger partial charge in [-0.3, -0.25) is 15.3 Å². The molecule has 2 heterocycles. The molecule has 0 spiro atoms. The summed E-state index contributed by atoms with van der Waals surface area (Å²) >= 11 is 0. The second-order valence-electron chi connectivity index (χ2n) is 5.60. The molecule has 0 saturated carbocycles. The van der Waals surface area contributed by atoms with E-state index < -0.39 is 36.8 Å². The highest BCUT2D eigenvalue weighted by Gasteiger charge is 2.43. The van der Waals surface area contributed by atoms with Gasteiger partial charge in [0.2, 0.25) is 0 Å². The smallest absolute Gasteiger partial charge is 0.351 e. The Labute approximate surface area is 138 Å². The summed E-state index contributed by atoms with van der Waals surface area (Å²) in [6.07, 6.45) is -3.50. The Balaban J connectivity index is 0.000000413. The summed E-state index contributed by atoms with van der Waals surface area (Å²) in [6.45, 7) is 4.26. The highest BCUT2D eigenvalue weighted by atomic mass is 16.6. The summed E-state index contributed by atoms with van der Waals surface area (Å²) in [7, 11) is 0. The van der Waals surface area contributed by atoms with Crippen molar-refractivity contribution < 1.29 is 30.5 Å². The van der Waals surface area contributed by atoms with Gasteiger partial charge < -0.3 is 25.3 Å². The first kappa shape index (κ1) is 20.4. The van der Waals surface area contributed by atoms with Crippen LogP contribution in [-0.4, -0.2) is 66.7 Å². The van der Waals surface area contributed by atoms with Crippen LogP contribution in [0.15, 0.2) is 17.1 Å². The first-order valence-corrected chi connectivity index (χ1v) is 7.34. The summed E-state index contributed by atoms with van der Waals surface area (Å²) < 4.78 is 6.13. The molecule has 0 aliphatic carbocycles. The van der Waals surface area contributed by atoms with Crippen LogP contribution in [0.25, 0.3) is 0 Å². The summed E-state index contributed by atoms with van der Waals surface area (Å²) in [6, 6.07) is 1.29. The number of aromatic nitrogens is 2. The zero-order valence-corrected chi connectivity index (χ0v) is 13.4. The van der Waals surface area contributed by atoms with Gasteiger partial charge in [-0.2, -0.15) is 4.98 Å². The van der Waals surface area contributed by atoms with Gasteiger partial charge in [-0.1, -0.05) is 13.8 Å². The first-order chi connectivity index (χ1) is 11.3. The van der Waals surface area contributed by atoms with Gasteiger partial charge >= 0.3 is 5.69 Å². The maximum atomic E-state index is 11.6. The van der Waals surface area contributed by atoms with E-state index >= 15 is 0 Å². The number of hydroxylamine groups is 1. The van der Waals surface area contributed by atoms with Crippen LogP contribution in [-0.2, 0) is 4.74 Å². The SMILES string of the molecule is CC(C)CNO.O=c1nc(NO)ccn1[C@@H]1O[C@H](CO)[C@@H](O)[C@H]1O. The molecular formula is C13H24N4O7. The molecule has 1 fully saturated rings. The summed E-state index contributed by atoms with van der Waals surface area (Å²) in [5.41, 5.74) is 3.00. The number of ether oxygens (including phenoxy) is 1. The van der Waals surface area contributed by atoms with E-state index in [9.17, 15) is 15.0 Å². The Morgan fingerprint density at radius 1 is 1.33 bits per heavy atom. The van der Waals surface area contributed by atoms with Crippen LogP contribution in [0.5, 0.6) is 0 Å². The Morgan fingerprint density at radius 3 is 2.38 bits per heavy atom. The highest BCUT2D eigenvalue weighted by Crippen LogP contribution is 2.27. The first-order valence-electron chi connectivity index (χ1n) is 7.34. The van der Waals surface area contributed by atoms with Crippen molar-refractivity contribution in [2.45, 2.75) is 38.4 Å². The van der Waals surface area contributed by atoms with Gasteiger partial charge in [0, 0.05) is 12.7 Å². The average Bonchev–Trinajstić information content (AvgIpc) is 2.83. The number of anilines is 1. The third-order valence-corrected chi connectivity index (χ3v) is 3.24. The minimum Gasteiger partial charge on any atom is -0.394 e. The molecule has 1 saturated heterocycles. The van der Waals surface area contributed by atoms with E-state index in [2.05, 4.69) is 10.5 Å². The molecule has 2 rings (SSSR count). The number of aliphatic hydroxyl groups is 3. The van der Waals surface area contributed by atoms with Crippen molar-refractivity contribution in [3.8, 4) is 0 Å². The van der Waals surface area contributed by atoms with Gasteiger partial charge in [0.15, 0.2) is 12.0 Å². The molecule has 1 aliphatic heterocycles. The van der Waals surface area contributed by atoms with Gasteiger partial charge in [-0.25, -0.2) is 10.3 Å². The number of rotatable bonds is 5. The Hall–Kier alpha value is -1.60. The normalized spacial score (nSPS) is 26.2. The predicted octanol–water partition coefficient (Wildman–Crippen LogP) is -1.72. The van der Waals surface area contributed by atoms with Gasteiger partial charge in [-0.05, 0) is 12.0 Å². The lowest BCUT2D eigenvalue weighted by Gasteiger charge is -2.16. The van der Waals surface area contributed by atoms with E-state index in [-0.39, 0.29) is 5.82 Å². The largest absolute Gasteiger partial charge is 0.394 e. The second kappa shape index (κ2) is 9.64. The van der Waals surface area contributed by atoms with E-state index in [0.717, 1.165) is 4.57 Å². The van der Waals surface area contributed by atoms with Crippen LogP contribution in [0.1, 0.15) is 20.1 Å². The van der Waals surface area contributed by atoms with Gasteiger partial charge in [0.05, 0.1) is 6.61 Å². The lowest BCUT2D eigenvalue weighted by molar-refractivity contribution is -0.0549. The van der Waals surface area contributed by atoms with E-state index in [1.54, 1.807) is 5.48 Å². The van der Waals surface area contributed by atoms with Crippen LogP contribution >= 0.6 is 0 Å². The molecule has 0 amide bonds. The van der Waals surface area contributed by atoms with Crippen molar-refractivity contribution in [1.29, 1.82) is 0 Å². The van der Waals surface area contributed by atoms with Gasteiger partial charge in [0.25, 0.3) is 0 Å². The van der Waals surface area contributed by atoms with Crippen LogP contribution in [0.2, 0.25) is 0 Å². The molecule has 1 aliphatic rings. The molecule has 0 radical (unpaired) electrons. The zero-order chi connectivity index (χ0) is 18.3. The van der Waals surface area contributed by atoms with Crippen LogP contribution in [0.3, 0.4) is 0 Å². The molecule has 11 nitrogen and oxygen atoms in total. The summed E-state index contributed by atoms with van der Waals surface area (Å²) in [5, 5.41) is 44.8. The molecule has 0 aromatic carbocycles. The molecule has 24 heavy (non-hydrogen) atoms. The lowest BCUT2D eigenvalue weighted by Crippen LogP contribution is -2.36. The van der Waals surface area contributed by atoms with E-state index in [4.69, 9.17) is 20.3 Å². The molecule has 0 bridgehead atoms. The van der Waals surface area contributed by atoms with E-state index in [1.165, 1.54) is 12.3 Å². The topological polar surface area (TPSA) is 169 Å². The second-order valence-corrected chi connectivity index (χ2v) is 5.60. The van der Waals surface area contributed by atoms with Crippen molar-refractivity contribution in [2.75, 3.05) is 18.6 Å². The standard InChI is InChI=1S/C9H13N3O6.C4H11NO/c13-3-4-6(14)7(15)8(18-4)12-2-1-5(11-17)10-9(12)16;1-4(2)3-5-6/h1-2,4,6-8,13-15,17H,3H2,(H,10,11,16);4-6H,3H2,1-2H3/t4-,6-,7-,8-;/m1./s1. The predicted molar refractivity (Wildman–Crippen MR) is 81.5 cm³/mol. The molecule has 1 aromatic heterocycles. The van der Waals surface area contributed by atoms with Crippen molar-refractivity contribution in [1.82, 2.24) is 15.0 Å². The summed E-state index contributed by atoms with van der Waals surface area (Å²) in [5.74, 6) is 0.484. The molecule has 11 heteroatoms.